The second-order valence-corrected chi connectivity index (χ2v) is 8.11. The number of anilines is 2. The number of amides is 1. The molecule has 8 heteroatoms. The molecule has 2 N–H and O–H groups in total. The van der Waals surface area contributed by atoms with Crippen molar-refractivity contribution in [3.8, 4) is 0 Å². The number of aliphatic hydroxyl groups excluding tert-OH is 1. The largest absolute Gasteiger partial charge is 0.391 e. The zero-order valence-corrected chi connectivity index (χ0v) is 16.5. The molecule has 4 atom stereocenters. The number of para-hydroxylation sites is 1. The number of hydrogen-bond acceptors (Lipinski definition) is 6. The summed E-state index contributed by atoms with van der Waals surface area (Å²) >= 11 is 0. The first-order valence-corrected chi connectivity index (χ1v) is 10.3. The molecule has 30 heavy (non-hydrogen) atoms. The first-order chi connectivity index (χ1) is 14.7. The van der Waals surface area contributed by atoms with E-state index >= 15 is 0 Å². The third kappa shape index (κ3) is 3.66. The van der Waals surface area contributed by atoms with Crippen molar-refractivity contribution in [1.29, 1.82) is 0 Å². The Labute approximate surface area is 174 Å². The molecule has 154 valence electrons. The van der Waals surface area contributed by atoms with Crippen LogP contribution in [0, 0.1) is 11.8 Å². The maximum absolute atomic E-state index is 13.0. The van der Waals surface area contributed by atoms with E-state index in [2.05, 4.69) is 20.4 Å². The normalized spacial score (nSPS) is 25.7. The Morgan fingerprint density at radius 1 is 1.03 bits per heavy atom. The molecule has 1 saturated heterocycles. The fraction of sp³-hybridized carbons (Fsp3) is 0.364. The summed E-state index contributed by atoms with van der Waals surface area (Å²) in [5, 5.41) is 18.0. The van der Waals surface area contributed by atoms with E-state index < -0.39 is 6.10 Å². The van der Waals surface area contributed by atoms with Crippen molar-refractivity contribution < 1.29 is 9.90 Å². The molecule has 0 unspecified atom stereocenters. The fourth-order valence-corrected chi connectivity index (χ4v) is 4.67. The highest BCUT2D eigenvalue weighted by Gasteiger charge is 2.43. The van der Waals surface area contributed by atoms with Crippen LogP contribution in [0.1, 0.15) is 29.2 Å². The molecule has 1 aliphatic heterocycles. The number of carbonyl (C=O) groups excluding carboxylic acids is 1. The smallest absolute Gasteiger partial charge is 0.257 e. The number of likely N-dealkylation sites (tertiary alicyclic amines) is 1. The predicted octanol–water partition coefficient (Wildman–Crippen LogP) is 2.50. The minimum Gasteiger partial charge on any atom is -0.391 e. The molecule has 5 rings (SSSR count). The molecule has 0 radical (unpaired) electrons. The van der Waals surface area contributed by atoms with E-state index in [1.54, 1.807) is 18.6 Å². The average Bonchev–Trinajstić information content (AvgIpc) is 3.43. The Hall–Kier alpha value is -3.26. The first-order valence-electron chi connectivity index (χ1n) is 10.3. The van der Waals surface area contributed by atoms with Crippen LogP contribution in [0.4, 0.5) is 11.6 Å². The Morgan fingerprint density at radius 2 is 1.77 bits per heavy atom. The van der Waals surface area contributed by atoms with Gasteiger partial charge in [-0.15, -0.1) is 0 Å². The SMILES string of the molecule is O=C(c1cnc(Nc2ccccc2)nc1)N1C[C@H]2C[C@@H](n3cccn3)[C@H](O)C[C@H]2C1. The third-order valence-corrected chi connectivity index (χ3v) is 6.19. The van der Waals surface area contributed by atoms with E-state index in [0.29, 0.717) is 42.9 Å². The van der Waals surface area contributed by atoms with Gasteiger partial charge in [0, 0.05) is 43.6 Å². The number of hydrogen-bond donors (Lipinski definition) is 2. The van der Waals surface area contributed by atoms with Crippen LogP contribution in [0.3, 0.4) is 0 Å². The molecule has 2 fully saturated rings. The average molecular weight is 404 g/mol. The van der Waals surface area contributed by atoms with Gasteiger partial charge in [0.05, 0.1) is 17.7 Å². The van der Waals surface area contributed by atoms with Gasteiger partial charge >= 0.3 is 0 Å². The second-order valence-electron chi connectivity index (χ2n) is 8.11. The van der Waals surface area contributed by atoms with Crippen LogP contribution in [-0.2, 0) is 0 Å². The monoisotopic (exact) mass is 404 g/mol. The van der Waals surface area contributed by atoms with Crippen molar-refractivity contribution in [2.24, 2.45) is 11.8 Å². The molecule has 1 aliphatic carbocycles. The van der Waals surface area contributed by atoms with Crippen molar-refractivity contribution >= 4 is 17.5 Å². The summed E-state index contributed by atoms with van der Waals surface area (Å²) in [4.78, 5) is 23.5. The maximum Gasteiger partial charge on any atom is 0.257 e. The van der Waals surface area contributed by atoms with E-state index in [4.69, 9.17) is 0 Å². The van der Waals surface area contributed by atoms with Crippen LogP contribution in [0.15, 0.2) is 61.2 Å². The first kappa shape index (κ1) is 18.7. The molecular formula is C22H24N6O2. The third-order valence-electron chi connectivity index (χ3n) is 6.19. The summed E-state index contributed by atoms with van der Waals surface area (Å²) in [7, 11) is 0. The quantitative estimate of drug-likeness (QED) is 0.694. The van der Waals surface area contributed by atoms with Crippen LogP contribution in [0.5, 0.6) is 0 Å². The Morgan fingerprint density at radius 3 is 2.47 bits per heavy atom. The summed E-state index contributed by atoms with van der Waals surface area (Å²) in [6.07, 6.45) is 7.86. The summed E-state index contributed by atoms with van der Waals surface area (Å²) in [5.74, 6) is 1.08. The van der Waals surface area contributed by atoms with Crippen molar-refractivity contribution in [1.82, 2.24) is 24.6 Å². The molecule has 3 heterocycles. The van der Waals surface area contributed by atoms with Crippen LogP contribution in [-0.4, -0.2) is 54.9 Å². The van der Waals surface area contributed by atoms with Crippen molar-refractivity contribution in [2.75, 3.05) is 18.4 Å². The molecule has 1 amide bonds. The van der Waals surface area contributed by atoms with Gasteiger partial charge in [-0.2, -0.15) is 5.10 Å². The van der Waals surface area contributed by atoms with E-state index in [-0.39, 0.29) is 11.9 Å². The van der Waals surface area contributed by atoms with Crippen molar-refractivity contribution in [3.05, 3.63) is 66.7 Å². The van der Waals surface area contributed by atoms with Gasteiger partial charge in [0.2, 0.25) is 5.95 Å². The summed E-state index contributed by atoms with van der Waals surface area (Å²) in [5.41, 5.74) is 1.38. The van der Waals surface area contributed by atoms with Crippen LogP contribution in [0.2, 0.25) is 0 Å². The lowest BCUT2D eigenvalue weighted by atomic mass is 9.77. The fourth-order valence-electron chi connectivity index (χ4n) is 4.67. The van der Waals surface area contributed by atoms with Gasteiger partial charge < -0.3 is 15.3 Å². The number of rotatable bonds is 4. The van der Waals surface area contributed by atoms with Gasteiger partial charge in [-0.05, 0) is 42.9 Å². The zero-order valence-electron chi connectivity index (χ0n) is 16.5. The summed E-state index contributed by atoms with van der Waals surface area (Å²) in [6.45, 7) is 1.36. The molecule has 3 aromatic rings. The van der Waals surface area contributed by atoms with Crippen LogP contribution in [0.25, 0.3) is 0 Å². The van der Waals surface area contributed by atoms with Gasteiger partial charge in [0.25, 0.3) is 5.91 Å². The van der Waals surface area contributed by atoms with E-state index in [0.717, 1.165) is 12.1 Å². The number of nitrogens with zero attached hydrogens (tertiary/aromatic N) is 5. The Kier molecular flexibility index (Phi) is 4.92. The zero-order chi connectivity index (χ0) is 20.5. The van der Waals surface area contributed by atoms with Gasteiger partial charge in [-0.1, -0.05) is 18.2 Å². The summed E-state index contributed by atoms with van der Waals surface area (Å²) < 4.78 is 1.84. The van der Waals surface area contributed by atoms with E-state index in [1.165, 1.54) is 0 Å². The Bertz CT molecular complexity index is 992. The highest BCUT2D eigenvalue weighted by atomic mass is 16.3. The number of fused-ring (bicyclic) bond motifs is 1. The number of aromatic nitrogens is 4. The van der Waals surface area contributed by atoms with Gasteiger partial charge in [0.15, 0.2) is 0 Å². The molecule has 2 aliphatic rings. The van der Waals surface area contributed by atoms with E-state index in [1.807, 2.05) is 52.2 Å². The molecule has 1 aromatic carbocycles. The number of aliphatic hydroxyl groups is 1. The highest BCUT2D eigenvalue weighted by Crippen LogP contribution is 2.41. The minimum atomic E-state index is -0.437. The minimum absolute atomic E-state index is 0.0250. The van der Waals surface area contributed by atoms with Crippen molar-refractivity contribution in [3.63, 3.8) is 0 Å². The lowest BCUT2D eigenvalue weighted by Crippen LogP contribution is -2.36. The van der Waals surface area contributed by atoms with E-state index in [9.17, 15) is 9.90 Å². The van der Waals surface area contributed by atoms with Crippen LogP contribution >= 0.6 is 0 Å². The summed E-state index contributed by atoms with van der Waals surface area (Å²) in [6, 6.07) is 11.5. The predicted molar refractivity (Wildman–Crippen MR) is 111 cm³/mol. The lowest BCUT2D eigenvalue weighted by molar-refractivity contribution is 0.0306. The van der Waals surface area contributed by atoms with Gasteiger partial charge in [-0.25, -0.2) is 9.97 Å². The number of carbonyl (C=O) groups is 1. The van der Waals surface area contributed by atoms with Gasteiger partial charge in [0.1, 0.15) is 0 Å². The highest BCUT2D eigenvalue weighted by molar-refractivity contribution is 5.94. The molecular weight excluding hydrogens is 380 g/mol. The lowest BCUT2D eigenvalue weighted by Gasteiger charge is -2.35. The maximum atomic E-state index is 13.0. The number of benzene rings is 1. The number of nitrogens with one attached hydrogen (secondary N) is 1. The molecule has 1 saturated carbocycles. The molecule has 0 bridgehead atoms. The standard InChI is InChI=1S/C22H24N6O2/c29-20-10-16-14-27(13-15(16)9-19(20)28-8-4-7-25-28)21(30)17-11-23-22(24-12-17)26-18-5-2-1-3-6-18/h1-8,11-12,15-16,19-20,29H,9-10,13-14H2,(H,23,24,26)/t15-,16+,19-,20-/m1/s1. The van der Waals surface area contributed by atoms with Crippen molar-refractivity contribution in [2.45, 2.75) is 25.0 Å². The second kappa shape index (κ2) is 7.87. The molecule has 2 aromatic heterocycles. The molecule has 0 spiro atoms. The van der Waals surface area contributed by atoms with Crippen LogP contribution < -0.4 is 5.32 Å². The topological polar surface area (TPSA) is 96.2 Å². The Balaban J connectivity index is 1.24. The molecule has 8 nitrogen and oxygen atoms in total. The van der Waals surface area contributed by atoms with Gasteiger partial charge in [-0.3, -0.25) is 9.48 Å².